The summed E-state index contributed by atoms with van der Waals surface area (Å²) >= 11 is 0. The predicted octanol–water partition coefficient (Wildman–Crippen LogP) is 2.74. The number of hydrogen-bond donors (Lipinski definition) is 2. The third kappa shape index (κ3) is 2.07. The van der Waals surface area contributed by atoms with Crippen molar-refractivity contribution in [2.75, 3.05) is 12.4 Å². The van der Waals surface area contributed by atoms with Crippen molar-refractivity contribution in [3.8, 4) is 5.75 Å². The van der Waals surface area contributed by atoms with Gasteiger partial charge in [0.15, 0.2) is 0 Å². The highest BCUT2D eigenvalue weighted by atomic mass is 16.3. The van der Waals surface area contributed by atoms with Gasteiger partial charge in [0.25, 0.3) is 0 Å². The molecule has 0 spiro atoms. The Morgan fingerprint density at radius 2 is 1.89 bits per heavy atom. The molecule has 0 aromatic heterocycles. The Hall–Kier alpha value is -1.22. The lowest BCUT2D eigenvalue weighted by molar-refractivity contribution is 0.169. The molecule has 2 heterocycles. The number of anilines is 1. The fourth-order valence-electron chi connectivity index (χ4n) is 3.51. The van der Waals surface area contributed by atoms with E-state index >= 15 is 0 Å². The Balaban J connectivity index is 1.68. The predicted molar refractivity (Wildman–Crippen MR) is 74.1 cm³/mol. The lowest BCUT2D eigenvalue weighted by atomic mass is 9.97. The maximum absolute atomic E-state index is 9.54. The van der Waals surface area contributed by atoms with Crippen LogP contribution in [0.5, 0.6) is 5.75 Å². The summed E-state index contributed by atoms with van der Waals surface area (Å²) < 4.78 is 0. The summed E-state index contributed by atoms with van der Waals surface area (Å²) in [7, 11) is 2.27. The van der Waals surface area contributed by atoms with Crippen LogP contribution in [-0.2, 0) is 0 Å². The molecule has 0 amide bonds. The van der Waals surface area contributed by atoms with Gasteiger partial charge in [-0.1, -0.05) is 0 Å². The van der Waals surface area contributed by atoms with Crippen molar-refractivity contribution in [3.63, 3.8) is 0 Å². The van der Waals surface area contributed by atoms with Gasteiger partial charge < -0.3 is 15.3 Å². The van der Waals surface area contributed by atoms with Crippen LogP contribution in [0.15, 0.2) is 18.2 Å². The number of phenols is 1. The van der Waals surface area contributed by atoms with Gasteiger partial charge in [0.1, 0.15) is 5.75 Å². The van der Waals surface area contributed by atoms with Gasteiger partial charge in [-0.05, 0) is 63.4 Å². The van der Waals surface area contributed by atoms with Crippen LogP contribution in [0.3, 0.4) is 0 Å². The third-order valence-corrected chi connectivity index (χ3v) is 4.67. The summed E-state index contributed by atoms with van der Waals surface area (Å²) in [6.07, 6.45) is 5.20. The van der Waals surface area contributed by atoms with Crippen molar-refractivity contribution in [2.24, 2.45) is 0 Å². The maximum atomic E-state index is 9.54. The first-order valence-corrected chi connectivity index (χ1v) is 6.91. The largest absolute Gasteiger partial charge is 0.508 e. The minimum absolute atomic E-state index is 0.379. The fraction of sp³-hybridized carbons (Fsp3) is 0.600. The number of nitrogens with one attached hydrogen (secondary N) is 1. The zero-order valence-corrected chi connectivity index (χ0v) is 11.2. The molecule has 18 heavy (non-hydrogen) atoms. The second kappa shape index (κ2) is 4.47. The van der Waals surface area contributed by atoms with E-state index in [1.807, 2.05) is 19.1 Å². The zero-order valence-electron chi connectivity index (χ0n) is 11.2. The molecule has 2 saturated heterocycles. The van der Waals surface area contributed by atoms with Crippen LogP contribution in [0.1, 0.15) is 31.2 Å². The number of nitrogens with zero attached hydrogens (tertiary/aromatic N) is 1. The minimum atomic E-state index is 0.379. The molecule has 0 saturated carbocycles. The Bertz CT molecular complexity index is 432. The zero-order chi connectivity index (χ0) is 12.7. The van der Waals surface area contributed by atoms with E-state index in [1.54, 1.807) is 6.07 Å². The summed E-state index contributed by atoms with van der Waals surface area (Å²) in [5.41, 5.74) is 2.08. The molecule has 2 aliphatic heterocycles. The summed E-state index contributed by atoms with van der Waals surface area (Å²) in [6, 6.07) is 7.90. The van der Waals surface area contributed by atoms with Crippen LogP contribution >= 0.6 is 0 Å². The van der Waals surface area contributed by atoms with Crippen LogP contribution < -0.4 is 5.32 Å². The molecule has 2 bridgehead atoms. The van der Waals surface area contributed by atoms with Crippen LogP contribution in [0, 0.1) is 6.92 Å². The average molecular weight is 246 g/mol. The molecule has 1 aromatic carbocycles. The van der Waals surface area contributed by atoms with Crippen LogP contribution in [0.2, 0.25) is 0 Å². The first kappa shape index (κ1) is 11.8. The summed E-state index contributed by atoms with van der Waals surface area (Å²) in [6.45, 7) is 1.94. The molecule has 1 aromatic rings. The summed E-state index contributed by atoms with van der Waals surface area (Å²) in [4.78, 5) is 2.56. The number of phenolic OH excluding ortho intramolecular Hbond substituents is 1. The summed E-state index contributed by atoms with van der Waals surface area (Å²) in [5, 5.41) is 13.2. The highest BCUT2D eigenvalue weighted by molar-refractivity contribution is 5.51. The van der Waals surface area contributed by atoms with Gasteiger partial charge in [-0.3, -0.25) is 0 Å². The number of rotatable bonds is 2. The van der Waals surface area contributed by atoms with Crippen molar-refractivity contribution in [1.29, 1.82) is 0 Å². The van der Waals surface area contributed by atoms with E-state index in [0.29, 0.717) is 11.8 Å². The molecule has 98 valence electrons. The Kier molecular flexibility index (Phi) is 2.94. The molecule has 0 radical (unpaired) electrons. The van der Waals surface area contributed by atoms with Gasteiger partial charge in [-0.15, -0.1) is 0 Å². The van der Waals surface area contributed by atoms with E-state index in [4.69, 9.17) is 0 Å². The number of aromatic hydroxyl groups is 1. The normalized spacial score (nSPS) is 31.6. The molecule has 2 aliphatic rings. The van der Waals surface area contributed by atoms with Gasteiger partial charge in [-0.25, -0.2) is 0 Å². The minimum Gasteiger partial charge on any atom is -0.508 e. The lowest BCUT2D eigenvalue weighted by Gasteiger charge is -2.37. The number of hydrogen-bond acceptors (Lipinski definition) is 3. The number of fused-ring (bicyclic) bond motifs is 2. The van der Waals surface area contributed by atoms with Crippen molar-refractivity contribution in [3.05, 3.63) is 23.8 Å². The van der Waals surface area contributed by atoms with Gasteiger partial charge in [-0.2, -0.15) is 0 Å². The van der Waals surface area contributed by atoms with E-state index in [1.165, 1.54) is 25.7 Å². The first-order chi connectivity index (χ1) is 8.63. The van der Waals surface area contributed by atoms with Crippen LogP contribution in [-0.4, -0.2) is 35.2 Å². The molecule has 2 N–H and O–H groups in total. The van der Waals surface area contributed by atoms with Gasteiger partial charge in [0, 0.05) is 23.8 Å². The van der Waals surface area contributed by atoms with Gasteiger partial charge in [0.05, 0.1) is 0 Å². The lowest BCUT2D eigenvalue weighted by Crippen LogP contribution is -2.44. The first-order valence-electron chi connectivity index (χ1n) is 6.91. The second-order valence-electron chi connectivity index (χ2n) is 5.86. The van der Waals surface area contributed by atoms with Crippen molar-refractivity contribution in [2.45, 2.75) is 50.7 Å². The highest BCUT2D eigenvalue weighted by Crippen LogP contribution is 2.35. The maximum Gasteiger partial charge on any atom is 0.118 e. The molecular formula is C15H22N2O. The van der Waals surface area contributed by atoms with E-state index in [-0.39, 0.29) is 0 Å². The fourth-order valence-corrected chi connectivity index (χ4v) is 3.51. The number of aryl methyl sites for hydroxylation is 1. The molecule has 2 unspecified atom stereocenters. The van der Waals surface area contributed by atoms with E-state index in [0.717, 1.165) is 23.3 Å². The average Bonchev–Trinajstić information content (AvgIpc) is 2.58. The number of piperidine rings is 1. The monoisotopic (exact) mass is 246 g/mol. The van der Waals surface area contributed by atoms with Crippen LogP contribution in [0.4, 0.5) is 5.69 Å². The molecule has 3 heteroatoms. The Labute approximate surface area is 109 Å². The molecule has 2 atom stereocenters. The Morgan fingerprint density at radius 1 is 1.22 bits per heavy atom. The van der Waals surface area contributed by atoms with Crippen LogP contribution in [0.25, 0.3) is 0 Å². The molecule has 3 rings (SSSR count). The summed E-state index contributed by atoms with van der Waals surface area (Å²) in [5.74, 6) is 0.379. The number of benzene rings is 1. The topological polar surface area (TPSA) is 35.5 Å². The van der Waals surface area contributed by atoms with E-state index in [2.05, 4.69) is 17.3 Å². The van der Waals surface area contributed by atoms with Gasteiger partial charge in [0.2, 0.25) is 0 Å². The van der Waals surface area contributed by atoms with Crippen molar-refractivity contribution >= 4 is 5.69 Å². The molecule has 0 aliphatic carbocycles. The quantitative estimate of drug-likeness (QED) is 0.788. The van der Waals surface area contributed by atoms with E-state index < -0.39 is 0 Å². The van der Waals surface area contributed by atoms with Gasteiger partial charge >= 0.3 is 0 Å². The van der Waals surface area contributed by atoms with E-state index in [9.17, 15) is 5.11 Å². The van der Waals surface area contributed by atoms with Crippen molar-refractivity contribution in [1.82, 2.24) is 4.90 Å². The highest BCUT2D eigenvalue weighted by Gasteiger charge is 2.38. The Morgan fingerprint density at radius 3 is 2.50 bits per heavy atom. The molecule has 2 fully saturated rings. The second-order valence-corrected chi connectivity index (χ2v) is 5.86. The third-order valence-electron chi connectivity index (χ3n) is 4.67. The smallest absolute Gasteiger partial charge is 0.118 e. The molecular weight excluding hydrogens is 224 g/mol. The SMILES string of the molecule is Cc1cc(NC2CC3CCC(C2)N3C)ccc1O. The van der Waals surface area contributed by atoms with Crippen molar-refractivity contribution < 1.29 is 5.11 Å². The molecule has 3 nitrogen and oxygen atoms in total. The standard InChI is InChI=1S/C15H22N2O/c1-10-7-11(3-6-15(10)18)16-12-8-13-4-5-14(9-12)17(13)2/h3,6-7,12-14,16,18H,4-5,8-9H2,1-2H3.